The molecule has 1 fully saturated rings. The molecular formula is C36H41N3O10. The van der Waals surface area contributed by atoms with E-state index in [4.69, 9.17) is 33.2 Å². The molecule has 5 atom stereocenters. The average molecular weight is 676 g/mol. The van der Waals surface area contributed by atoms with E-state index in [1.807, 2.05) is 26.8 Å². The van der Waals surface area contributed by atoms with Crippen molar-refractivity contribution < 1.29 is 47.5 Å². The molecule has 1 aromatic heterocycles. The highest BCUT2D eigenvalue weighted by molar-refractivity contribution is 5.96. The van der Waals surface area contributed by atoms with E-state index in [1.54, 1.807) is 32.0 Å². The second-order valence-corrected chi connectivity index (χ2v) is 12.9. The number of carbonyl (C=O) groups excluding carboxylic acids is 3. The minimum Gasteiger partial charge on any atom is -0.493 e. The van der Waals surface area contributed by atoms with Gasteiger partial charge in [-0.25, -0.2) is 9.78 Å². The van der Waals surface area contributed by atoms with Crippen LogP contribution < -0.4 is 29.0 Å². The standard InChI is InChI=1S/C36H41N3O10/c1-16(2)9-24(39-34(40)31-19(5)37-17(3)18(4)38-31)35(41)49-32-22-13-26-25(47-15-48-26)12-21(22)29(30-23(32)14-46-36(30)42)20-10-27(43-6)33(45-8)28(11-20)44-7/h10-13,16,23-24,29-30,32H,9,14-15H2,1-8H3,(H,39,40)/t23-,24-,29+,30-,32-/m0/s1. The predicted molar refractivity (Wildman–Crippen MR) is 174 cm³/mol. The molecule has 3 heterocycles. The van der Waals surface area contributed by atoms with Crippen molar-refractivity contribution in [1.82, 2.24) is 15.3 Å². The highest BCUT2D eigenvalue weighted by Gasteiger charge is 2.54. The number of aryl methyl sites for hydroxylation is 3. The van der Waals surface area contributed by atoms with E-state index in [0.29, 0.717) is 63.2 Å². The van der Waals surface area contributed by atoms with Gasteiger partial charge in [-0.3, -0.25) is 14.6 Å². The fourth-order valence-corrected chi connectivity index (χ4v) is 6.99. The molecule has 1 saturated heterocycles. The minimum atomic E-state index is -1.00. The quantitative estimate of drug-likeness (QED) is 0.301. The fraction of sp³-hybridized carbons (Fsp3) is 0.472. The number of hydrogen-bond acceptors (Lipinski definition) is 12. The van der Waals surface area contributed by atoms with Gasteiger partial charge in [-0.15, -0.1) is 0 Å². The van der Waals surface area contributed by atoms with Crippen molar-refractivity contribution in [3.63, 3.8) is 0 Å². The SMILES string of the molecule is COc1cc([C@@H]2c3cc4c(cc3[C@H](OC(=O)[C@H](CC(C)C)NC(=O)c3nc(C)c(C)nc3C)[C@H]3COC(=O)[C@H]23)OCO4)cc(OC)c1OC. The summed E-state index contributed by atoms with van der Waals surface area (Å²) in [6.45, 7) is 9.25. The van der Waals surface area contributed by atoms with E-state index in [2.05, 4.69) is 15.3 Å². The number of amides is 1. The third kappa shape index (κ3) is 6.17. The Hall–Kier alpha value is -5.07. The van der Waals surface area contributed by atoms with Gasteiger partial charge in [0.1, 0.15) is 17.8 Å². The van der Waals surface area contributed by atoms with E-state index in [1.165, 1.54) is 21.3 Å². The summed E-state index contributed by atoms with van der Waals surface area (Å²) < 4.78 is 40.3. The topological polar surface area (TPSA) is 154 Å². The van der Waals surface area contributed by atoms with Crippen LogP contribution in [0.1, 0.15) is 76.6 Å². The molecule has 2 aliphatic heterocycles. The summed E-state index contributed by atoms with van der Waals surface area (Å²) in [4.78, 5) is 50.0. The second-order valence-electron chi connectivity index (χ2n) is 12.9. The third-order valence-corrected chi connectivity index (χ3v) is 9.40. The number of esters is 2. The molecular weight excluding hydrogens is 634 g/mol. The summed E-state index contributed by atoms with van der Waals surface area (Å²) in [5.41, 5.74) is 3.98. The van der Waals surface area contributed by atoms with Crippen molar-refractivity contribution in [2.45, 2.75) is 59.1 Å². The first kappa shape index (κ1) is 33.8. The largest absolute Gasteiger partial charge is 0.493 e. The molecule has 1 aliphatic carbocycles. The summed E-state index contributed by atoms with van der Waals surface area (Å²) in [7, 11) is 4.57. The van der Waals surface area contributed by atoms with E-state index in [0.717, 1.165) is 5.69 Å². The zero-order valence-corrected chi connectivity index (χ0v) is 28.9. The van der Waals surface area contributed by atoms with Crippen molar-refractivity contribution in [2.75, 3.05) is 34.7 Å². The molecule has 260 valence electrons. The number of nitrogens with one attached hydrogen (secondary N) is 1. The lowest BCUT2D eigenvalue weighted by molar-refractivity contribution is -0.157. The van der Waals surface area contributed by atoms with Crippen molar-refractivity contribution >= 4 is 17.8 Å². The first-order valence-corrected chi connectivity index (χ1v) is 16.2. The van der Waals surface area contributed by atoms with Crippen LogP contribution in [0.15, 0.2) is 24.3 Å². The lowest BCUT2D eigenvalue weighted by Gasteiger charge is -2.39. The fourth-order valence-electron chi connectivity index (χ4n) is 6.99. The molecule has 0 saturated carbocycles. The van der Waals surface area contributed by atoms with Crippen LogP contribution in [0, 0.1) is 38.5 Å². The molecule has 13 heteroatoms. The van der Waals surface area contributed by atoms with Crippen LogP contribution in [0.3, 0.4) is 0 Å². The van der Waals surface area contributed by atoms with Gasteiger partial charge < -0.3 is 38.5 Å². The Balaban J connectivity index is 1.41. The van der Waals surface area contributed by atoms with Gasteiger partial charge >= 0.3 is 11.9 Å². The smallest absolute Gasteiger partial charge is 0.329 e. The molecule has 2 aromatic carbocycles. The van der Waals surface area contributed by atoms with E-state index in [-0.39, 0.29) is 25.0 Å². The Morgan fingerprint density at radius 1 is 0.878 bits per heavy atom. The Bertz CT molecular complexity index is 1780. The number of methoxy groups -OCH3 is 3. The van der Waals surface area contributed by atoms with Gasteiger partial charge in [0.2, 0.25) is 12.5 Å². The van der Waals surface area contributed by atoms with Gasteiger partial charge in [-0.05, 0) is 68.5 Å². The highest BCUT2D eigenvalue weighted by atomic mass is 16.7. The maximum Gasteiger partial charge on any atom is 0.329 e. The van der Waals surface area contributed by atoms with Crippen molar-refractivity contribution in [2.24, 2.45) is 17.8 Å². The first-order valence-electron chi connectivity index (χ1n) is 16.2. The number of aromatic nitrogens is 2. The molecule has 0 bridgehead atoms. The monoisotopic (exact) mass is 675 g/mol. The van der Waals surface area contributed by atoms with Crippen LogP contribution in [0.4, 0.5) is 0 Å². The number of nitrogens with zero attached hydrogens (tertiary/aromatic N) is 2. The van der Waals surface area contributed by atoms with Crippen LogP contribution in [0.25, 0.3) is 0 Å². The summed E-state index contributed by atoms with van der Waals surface area (Å²) in [6, 6.07) is 6.23. The number of ether oxygens (including phenoxy) is 7. The molecule has 1 N–H and O–H groups in total. The molecule has 49 heavy (non-hydrogen) atoms. The van der Waals surface area contributed by atoms with Crippen LogP contribution >= 0.6 is 0 Å². The van der Waals surface area contributed by atoms with Crippen molar-refractivity contribution in [3.8, 4) is 28.7 Å². The lowest BCUT2D eigenvalue weighted by Crippen LogP contribution is -2.45. The maximum atomic E-state index is 14.1. The summed E-state index contributed by atoms with van der Waals surface area (Å²) in [6.07, 6.45) is -0.596. The molecule has 0 unspecified atom stereocenters. The van der Waals surface area contributed by atoms with E-state index < -0.39 is 47.7 Å². The van der Waals surface area contributed by atoms with Gasteiger partial charge in [0.25, 0.3) is 5.91 Å². The van der Waals surface area contributed by atoms with Gasteiger partial charge in [-0.1, -0.05) is 13.8 Å². The number of carbonyl (C=O) groups is 3. The maximum absolute atomic E-state index is 14.1. The molecule has 3 aliphatic rings. The molecule has 3 aromatic rings. The third-order valence-electron chi connectivity index (χ3n) is 9.40. The second kappa shape index (κ2) is 13.4. The number of rotatable bonds is 10. The van der Waals surface area contributed by atoms with E-state index in [9.17, 15) is 14.4 Å². The van der Waals surface area contributed by atoms with Crippen LogP contribution in [-0.4, -0.2) is 68.6 Å². The predicted octanol–water partition coefficient (Wildman–Crippen LogP) is 4.52. The first-order chi connectivity index (χ1) is 23.4. The average Bonchev–Trinajstić information content (AvgIpc) is 3.70. The molecule has 13 nitrogen and oxygen atoms in total. The zero-order valence-electron chi connectivity index (χ0n) is 28.9. The van der Waals surface area contributed by atoms with E-state index >= 15 is 0 Å². The Morgan fingerprint density at radius 2 is 1.51 bits per heavy atom. The normalized spacial score (nSPS) is 21.0. The number of hydrogen-bond donors (Lipinski definition) is 1. The summed E-state index contributed by atoms with van der Waals surface area (Å²) >= 11 is 0. The van der Waals surface area contributed by atoms with Gasteiger partial charge in [0, 0.05) is 17.4 Å². The number of benzene rings is 2. The minimum absolute atomic E-state index is 0.0227. The molecule has 0 spiro atoms. The highest BCUT2D eigenvalue weighted by Crippen LogP contribution is 2.56. The van der Waals surface area contributed by atoms with Crippen LogP contribution in [0.2, 0.25) is 0 Å². The van der Waals surface area contributed by atoms with Crippen molar-refractivity contribution in [3.05, 3.63) is 63.7 Å². The summed E-state index contributed by atoms with van der Waals surface area (Å²) in [5.74, 6) is -1.16. The summed E-state index contributed by atoms with van der Waals surface area (Å²) in [5, 5.41) is 2.85. The van der Waals surface area contributed by atoms with Crippen LogP contribution in [-0.2, 0) is 19.1 Å². The molecule has 6 rings (SSSR count). The van der Waals surface area contributed by atoms with Gasteiger partial charge in [0.15, 0.2) is 23.0 Å². The van der Waals surface area contributed by atoms with Crippen molar-refractivity contribution in [1.29, 1.82) is 0 Å². The van der Waals surface area contributed by atoms with Gasteiger partial charge in [0.05, 0.1) is 50.9 Å². The van der Waals surface area contributed by atoms with Gasteiger partial charge in [-0.2, -0.15) is 0 Å². The zero-order chi connectivity index (χ0) is 35.1. The Labute approximate surface area is 284 Å². The number of fused-ring (bicyclic) bond motifs is 3. The van der Waals surface area contributed by atoms with Crippen LogP contribution in [0.5, 0.6) is 28.7 Å². The molecule has 0 radical (unpaired) electrons. The number of cyclic esters (lactones) is 1. The lowest BCUT2D eigenvalue weighted by atomic mass is 9.66. The molecule has 1 amide bonds. The Morgan fingerprint density at radius 3 is 2.12 bits per heavy atom. The Kier molecular flexibility index (Phi) is 9.28.